The fourth-order valence-electron chi connectivity index (χ4n) is 2.99. The summed E-state index contributed by atoms with van der Waals surface area (Å²) in [7, 11) is 0. The highest BCUT2D eigenvalue weighted by Gasteiger charge is 2.22. The lowest BCUT2D eigenvalue weighted by Gasteiger charge is -2.35. The number of carbonyl (C=O) groups is 1. The summed E-state index contributed by atoms with van der Waals surface area (Å²) < 4.78 is 0. The Morgan fingerprint density at radius 3 is 2.90 bits per heavy atom. The van der Waals surface area contributed by atoms with Crippen molar-refractivity contribution in [3.05, 3.63) is 34.9 Å². The van der Waals surface area contributed by atoms with E-state index in [2.05, 4.69) is 4.90 Å². The number of nitrogens with zero attached hydrogens (tertiary/aromatic N) is 1. The van der Waals surface area contributed by atoms with Crippen LogP contribution in [0.3, 0.4) is 0 Å². The van der Waals surface area contributed by atoms with E-state index in [1.165, 1.54) is 24.8 Å². The van der Waals surface area contributed by atoms with Gasteiger partial charge in [-0.2, -0.15) is 0 Å². The van der Waals surface area contributed by atoms with E-state index in [0.717, 1.165) is 25.1 Å². The molecule has 1 atom stereocenters. The van der Waals surface area contributed by atoms with Gasteiger partial charge in [-0.3, -0.25) is 9.69 Å². The smallest absolute Gasteiger partial charge is 0.248 e. The van der Waals surface area contributed by atoms with Crippen LogP contribution in [0.2, 0.25) is 0 Å². The number of hydrogen-bond acceptors (Lipinski definition) is 3. The summed E-state index contributed by atoms with van der Waals surface area (Å²) in [5, 5.41) is 9.18. The zero-order valence-electron chi connectivity index (χ0n) is 12.1. The lowest BCUT2D eigenvalue weighted by atomic mass is 9.97. The molecule has 1 aromatic rings. The molecule has 3 N–H and O–H groups in total. The van der Waals surface area contributed by atoms with Gasteiger partial charge in [-0.05, 0) is 56.0 Å². The Morgan fingerprint density at radius 1 is 1.45 bits per heavy atom. The fourth-order valence-corrected chi connectivity index (χ4v) is 2.99. The summed E-state index contributed by atoms with van der Waals surface area (Å²) in [4.78, 5) is 13.6. The molecule has 110 valence electrons. The van der Waals surface area contributed by atoms with Crippen molar-refractivity contribution < 1.29 is 9.90 Å². The summed E-state index contributed by atoms with van der Waals surface area (Å²) in [5.41, 5.74) is 8.21. The summed E-state index contributed by atoms with van der Waals surface area (Å²) >= 11 is 0. The number of amides is 1. The van der Waals surface area contributed by atoms with Gasteiger partial charge in [-0.15, -0.1) is 0 Å². The zero-order chi connectivity index (χ0) is 14.5. The first-order valence-corrected chi connectivity index (χ1v) is 7.36. The number of aryl methyl sites for hydroxylation is 1. The molecule has 1 aromatic carbocycles. The lowest BCUT2D eigenvalue weighted by Crippen LogP contribution is -2.39. The normalized spacial score (nSPS) is 20.0. The van der Waals surface area contributed by atoms with Gasteiger partial charge in [-0.1, -0.05) is 12.5 Å². The first-order valence-electron chi connectivity index (χ1n) is 7.36. The number of hydrogen-bond donors (Lipinski definition) is 2. The Hall–Kier alpha value is -1.39. The fraction of sp³-hybridized carbons (Fsp3) is 0.562. The number of aliphatic hydroxyl groups is 1. The Bertz CT molecular complexity index is 472. The molecule has 4 heteroatoms. The van der Waals surface area contributed by atoms with Crippen molar-refractivity contribution in [1.82, 2.24) is 4.90 Å². The highest BCUT2D eigenvalue weighted by atomic mass is 16.3. The quantitative estimate of drug-likeness (QED) is 0.862. The molecule has 1 amide bonds. The number of rotatable bonds is 5. The largest absolute Gasteiger partial charge is 0.396 e. The Labute approximate surface area is 120 Å². The first kappa shape index (κ1) is 15.0. The molecule has 0 saturated carbocycles. The highest BCUT2D eigenvalue weighted by Crippen LogP contribution is 2.23. The summed E-state index contributed by atoms with van der Waals surface area (Å²) in [6, 6.07) is 6.14. The van der Waals surface area contributed by atoms with Crippen molar-refractivity contribution in [3.8, 4) is 0 Å². The maximum atomic E-state index is 11.2. The predicted octanol–water partition coefficient (Wildman–Crippen LogP) is 1.83. The molecular weight excluding hydrogens is 252 g/mol. The van der Waals surface area contributed by atoms with Crippen molar-refractivity contribution in [3.63, 3.8) is 0 Å². The molecule has 2 rings (SSSR count). The second kappa shape index (κ2) is 6.86. The maximum absolute atomic E-state index is 11.2. The molecule has 1 aliphatic rings. The minimum atomic E-state index is -0.379. The van der Waals surface area contributed by atoms with Crippen LogP contribution in [0.25, 0.3) is 0 Å². The van der Waals surface area contributed by atoms with Crippen LogP contribution in [0.5, 0.6) is 0 Å². The molecule has 1 saturated heterocycles. The number of likely N-dealkylation sites (tertiary alicyclic amines) is 1. The van der Waals surface area contributed by atoms with Crippen LogP contribution in [0, 0.1) is 6.92 Å². The molecule has 1 unspecified atom stereocenters. The van der Waals surface area contributed by atoms with Gasteiger partial charge in [0.05, 0.1) is 0 Å². The summed E-state index contributed by atoms with van der Waals surface area (Å²) in [5.74, 6) is -0.379. The van der Waals surface area contributed by atoms with Crippen LogP contribution in [-0.2, 0) is 6.54 Å². The molecular formula is C16H24N2O2. The number of benzene rings is 1. The van der Waals surface area contributed by atoms with Gasteiger partial charge in [0.2, 0.25) is 5.91 Å². The van der Waals surface area contributed by atoms with E-state index in [1.54, 1.807) is 6.07 Å². The van der Waals surface area contributed by atoms with E-state index in [0.29, 0.717) is 11.6 Å². The molecule has 20 heavy (non-hydrogen) atoms. The number of aliphatic hydroxyl groups excluding tert-OH is 1. The number of carbonyl (C=O) groups excluding carboxylic acids is 1. The summed E-state index contributed by atoms with van der Waals surface area (Å²) in [6.45, 7) is 4.24. The molecule has 1 aliphatic heterocycles. The topological polar surface area (TPSA) is 66.6 Å². The van der Waals surface area contributed by atoms with Gasteiger partial charge >= 0.3 is 0 Å². The molecule has 0 aliphatic carbocycles. The van der Waals surface area contributed by atoms with Gasteiger partial charge in [0, 0.05) is 24.8 Å². The van der Waals surface area contributed by atoms with E-state index < -0.39 is 0 Å². The van der Waals surface area contributed by atoms with Crippen molar-refractivity contribution in [1.29, 1.82) is 0 Å². The zero-order valence-corrected chi connectivity index (χ0v) is 12.1. The van der Waals surface area contributed by atoms with Crippen LogP contribution in [-0.4, -0.2) is 35.1 Å². The molecule has 1 heterocycles. The monoisotopic (exact) mass is 276 g/mol. The van der Waals surface area contributed by atoms with Crippen LogP contribution in [0.1, 0.15) is 47.2 Å². The first-order chi connectivity index (χ1) is 9.61. The third-order valence-electron chi connectivity index (χ3n) is 4.21. The van der Waals surface area contributed by atoms with Gasteiger partial charge < -0.3 is 10.8 Å². The van der Waals surface area contributed by atoms with E-state index in [-0.39, 0.29) is 12.5 Å². The van der Waals surface area contributed by atoms with E-state index in [1.807, 2.05) is 19.1 Å². The van der Waals surface area contributed by atoms with Gasteiger partial charge in [0.15, 0.2) is 0 Å². The standard InChI is InChI=1S/C16H24N2O2/c1-12-10-13(16(17)20)5-6-14(12)11-18-8-3-2-4-15(18)7-9-19/h5-6,10,15,19H,2-4,7-9,11H2,1H3,(H2,17,20). The van der Waals surface area contributed by atoms with Crippen LogP contribution in [0.15, 0.2) is 18.2 Å². The molecule has 0 aromatic heterocycles. The van der Waals surface area contributed by atoms with E-state index >= 15 is 0 Å². The highest BCUT2D eigenvalue weighted by molar-refractivity contribution is 5.93. The molecule has 1 fully saturated rings. The second-order valence-electron chi connectivity index (χ2n) is 5.64. The van der Waals surface area contributed by atoms with E-state index in [4.69, 9.17) is 5.73 Å². The molecule has 0 radical (unpaired) electrons. The number of piperidine rings is 1. The van der Waals surface area contributed by atoms with Gasteiger partial charge in [-0.25, -0.2) is 0 Å². The third kappa shape index (κ3) is 3.58. The number of primary amides is 1. The maximum Gasteiger partial charge on any atom is 0.248 e. The predicted molar refractivity (Wildman–Crippen MR) is 79.4 cm³/mol. The van der Waals surface area contributed by atoms with Crippen molar-refractivity contribution in [2.75, 3.05) is 13.2 Å². The van der Waals surface area contributed by atoms with Gasteiger partial charge in [0.25, 0.3) is 0 Å². The molecule has 0 spiro atoms. The molecule has 4 nitrogen and oxygen atoms in total. The van der Waals surface area contributed by atoms with Crippen molar-refractivity contribution in [2.24, 2.45) is 5.73 Å². The Balaban J connectivity index is 2.09. The average Bonchev–Trinajstić information content (AvgIpc) is 2.43. The van der Waals surface area contributed by atoms with Gasteiger partial charge in [0.1, 0.15) is 0 Å². The minimum Gasteiger partial charge on any atom is -0.396 e. The Morgan fingerprint density at radius 2 is 2.25 bits per heavy atom. The third-order valence-corrected chi connectivity index (χ3v) is 4.21. The summed E-state index contributed by atoms with van der Waals surface area (Å²) in [6.07, 6.45) is 4.48. The van der Waals surface area contributed by atoms with Crippen molar-refractivity contribution in [2.45, 2.75) is 45.2 Å². The molecule has 0 bridgehead atoms. The van der Waals surface area contributed by atoms with Crippen LogP contribution >= 0.6 is 0 Å². The van der Waals surface area contributed by atoms with Crippen LogP contribution in [0.4, 0.5) is 0 Å². The lowest BCUT2D eigenvalue weighted by molar-refractivity contribution is 0.0999. The SMILES string of the molecule is Cc1cc(C(N)=O)ccc1CN1CCCCC1CCO. The average molecular weight is 276 g/mol. The Kier molecular flexibility index (Phi) is 5.15. The second-order valence-corrected chi connectivity index (χ2v) is 5.64. The van der Waals surface area contributed by atoms with Crippen LogP contribution < -0.4 is 5.73 Å². The van der Waals surface area contributed by atoms with Crippen molar-refractivity contribution >= 4 is 5.91 Å². The van der Waals surface area contributed by atoms with E-state index in [9.17, 15) is 9.90 Å². The number of nitrogens with two attached hydrogens (primary N) is 1. The minimum absolute atomic E-state index is 0.251.